The van der Waals surface area contributed by atoms with Gasteiger partial charge in [-0.25, -0.2) is 62.6 Å². The van der Waals surface area contributed by atoms with Crippen LogP contribution in [0.25, 0.3) is 44.1 Å². The van der Waals surface area contributed by atoms with Gasteiger partial charge in [0.1, 0.15) is 96.4 Å². The summed E-state index contributed by atoms with van der Waals surface area (Å²) in [5.74, 6) is 1.53. The Morgan fingerprint density at radius 3 is 1.36 bits per heavy atom. The van der Waals surface area contributed by atoms with Gasteiger partial charge in [-0.3, -0.25) is 33.4 Å². The fourth-order valence-electron chi connectivity index (χ4n) is 14.3. The van der Waals surface area contributed by atoms with Crippen molar-refractivity contribution < 1.29 is 101 Å². The predicted octanol–water partition coefficient (Wildman–Crippen LogP) is 5.95. The third-order valence-electron chi connectivity index (χ3n) is 18.7. The van der Waals surface area contributed by atoms with Gasteiger partial charge in [-0.15, -0.1) is 0 Å². The standard InChI is InChI=1S/C28H29B2F2N7O9P2.C26H27B2F2N9O9P2/c29-49(40)44-11-17-23(21(32)28(46-17)39-8-13-2-1-5-33-24-19(13)26(39)36-12-35-24)48-50(30,41)43-10-16-22(47-49)20(31)27(45-16)38-9-14-4-7-42-37-15-3-6-34-25(38)18(14)15;27-49(40)44-8-14-20(18(30)26(46-14)39-24-16-12(36-39)2-1-4-31-21(16)32-9-35-24)48-50(28,41)43-7-13-19(47-49)17(29)25(45-13)38-6-11-3-5-42-37-22-15(11)23(38)34-10-33-22/h3,6,8-9,12,16-17,20-23,27-28,37H,1-2,4-5,7,10-11H2,(H,33,35,36);6,9-10,13-14,17-20,25-26H,1-5,7-8H2,(H,31,32,35)(H,33,34,37)/t16-,17-,20+,21?,22?,23+,27-,28-,49?,50?;13-,14-,17+,18?,19?,20+,25-,26-,49?,50?/m11/s1. The van der Waals surface area contributed by atoms with Gasteiger partial charge >= 0.3 is 0 Å². The van der Waals surface area contributed by atoms with Crippen molar-refractivity contribution in [2.75, 3.05) is 74.3 Å². The van der Waals surface area contributed by atoms with Gasteiger partial charge in [0.05, 0.1) is 67.2 Å². The topological polar surface area (TPSA) is 368 Å². The minimum absolute atomic E-state index is 0.283. The average molecular weight is 1460 g/mol. The van der Waals surface area contributed by atoms with E-state index in [1.807, 2.05) is 0 Å². The Bertz CT molecular complexity index is 4160. The normalized spacial score (nSPS) is 37.5. The van der Waals surface area contributed by atoms with Crippen LogP contribution in [0.4, 0.5) is 40.7 Å². The Kier molecular flexibility index (Phi) is 17.5. The molecule has 0 bridgehead atoms. The zero-order chi connectivity index (χ0) is 68.7. The van der Waals surface area contributed by atoms with Crippen molar-refractivity contribution in [2.45, 2.75) is 137 Å². The zero-order valence-electron chi connectivity index (χ0n) is 52.1. The lowest BCUT2D eigenvalue weighted by atomic mass is 10.1. The van der Waals surface area contributed by atoms with E-state index in [4.69, 9.17) is 95.1 Å². The summed E-state index contributed by atoms with van der Waals surface area (Å²) in [5.41, 5.74) is 10.7. The number of alkyl halides is 4. The van der Waals surface area contributed by atoms with Crippen LogP contribution in [-0.4, -0.2) is 215 Å². The summed E-state index contributed by atoms with van der Waals surface area (Å²) in [4.78, 5) is 41.0. The van der Waals surface area contributed by atoms with E-state index in [9.17, 15) is 18.3 Å². The molecular weight excluding hydrogens is 1400 g/mol. The molecule has 8 aromatic heterocycles. The van der Waals surface area contributed by atoms with E-state index >= 15 is 17.6 Å². The summed E-state index contributed by atoms with van der Waals surface area (Å²) in [7, 11) is 5.54. The molecule has 20 atom stereocenters. The number of ether oxygens (including phenoxy) is 4. The van der Waals surface area contributed by atoms with Crippen LogP contribution in [0.2, 0.25) is 0 Å². The van der Waals surface area contributed by atoms with Gasteiger partial charge in [-0.05, 0) is 48.4 Å². The first-order valence-electron chi connectivity index (χ1n) is 31.8. The first-order valence-corrected chi connectivity index (χ1v) is 38.3. The maximum Gasteiger partial charge on any atom is 0.264 e. The lowest BCUT2D eigenvalue weighted by Crippen LogP contribution is -2.37. The first-order chi connectivity index (χ1) is 48.1. The number of rotatable bonds is 4. The second-order valence-corrected chi connectivity index (χ2v) is 31.2. The number of halogens is 4. The quantitative estimate of drug-likeness (QED) is 0.0898. The molecule has 18 rings (SSSR count). The Morgan fingerprint density at radius 2 is 0.850 bits per heavy atom. The highest BCUT2D eigenvalue weighted by atomic mass is 31.2. The number of aromatic nitrogens is 12. The molecule has 0 aromatic carbocycles. The molecule has 46 heteroatoms. The van der Waals surface area contributed by atoms with Crippen LogP contribution >= 0.6 is 29.9 Å². The number of hydrogen-bond donors (Lipinski definition) is 4. The van der Waals surface area contributed by atoms with Crippen LogP contribution in [0.5, 0.6) is 0 Å². The smallest absolute Gasteiger partial charge is 0.264 e. The summed E-state index contributed by atoms with van der Waals surface area (Å²) < 4.78 is 193. The average Bonchev–Trinajstić information content (AvgIpc) is 1.61. The van der Waals surface area contributed by atoms with E-state index in [1.54, 1.807) is 24.7 Å². The van der Waals surface area contributed by atoms with Gasteiger partial charge in [0.15, 0.2) is 61.1 Å². The second kappa shape index (κ2) is 26.0. The Hall–Kier alpha value is -5.98. The van der Waals surface area contributed by atoms with E-state index < -0.39 is 155 Å². The van der Waals surface area contributed by atoms with Gasteiger partial charge in [0.25, 0.3) is 29.9 Å². The number of aryl methyl sites for hydroxylation is 2. The third-order valence-corrected chi connectivity index (χ3v) is 22.9. The van der Waals surface area contributed by atoms with Gasteiger partial charge in [-0.2, -0.15) is 5.10 Å². The lowest BCUT2D eigenvalue weighted by molar-refractivity contribution is -0.0568. The van der Waals surface area contributed by atoms with E-state index in [0.717, 1.165) is 34.9 Å². The molecule has 18 heterocycles. The zero-order valence-corrected chi connectivity index (χ0v) is 55.7. The number of fused-ring (bicyclic) bond motifs is 4. The highest BCUT2D eigenvalue weighted by Crippen LogP contribution is 2.57. The molecule has 8 aromatic rings. The van der Waals surface area contributed by atoms with Crippen molar-refractivity contribution in [3.8, 4) is 0 Å². The van der Waals surface area contributed by atoms with Crippen molar-refractivity contribution in [2.24, 2.45) is 0 Å². The van der Waals surface area contributed by atoms with Crippen molar-refractivity contribution >= 4 is 127 Å². The second-order valence-electron chi connectivity index (χ2n) is 25.0. The highest BCUT2D eigenvalue weighted by Gasteiger charge is 2.57. The van der Waals surface area contributed by atoms with E-state index in [2.05, 4.69) is 61.6 Å². The van der Waals surface area contributed by atoms with Crippen LogP contribution in [0, 0.1) is 0 Å². The number of hydrogen-bond acceptors (Lipinski definition) is 30. The van der Waals surface area contributed by atoms with Crippen LogP contribution in [0.3, 0.4) is 0 Å². The Balaban J connectivity index is 0.000000150. The molecule has 10 aliphatic rings. The molecule has 10 aliphatic heterocycles. The van der Waals surface area contributed by atoms with Crippen molar-refractivity contribution in [3.63, 3.8) is 0 Å². The van der Waals surface area contributed by atoms with E-state index in [1.165, 1.54) is 43.6 Å². The largest absolute Gasteiger partial charge is 0.369 e. The van der Waals surface area contributed by atoms with Crippen LogP contribution < -0.4 is 21.6 Å². The molecule has 34 nitrogen and oxygen atoms in total. The van der Waals surface area contributed by atoms with Gasteiger partial charge in [0, 0.05) is 56.1 Å². The van der Waals surface area contributed by atoms with E-state index in [0.29, 0.717) is 114 Å². The SMILES string of the molecule is [B]P1(=O)OC[C@H]2O[C@@H](n3cc4c5c(ncnc53)NCCC4)C(F)[C@H]2OP([B])(=O)OC[C@H]2O[C@@H](n3cc4c5c(ccnc53)NOCC4)[C@@H](F)C2O1.[B]P1(=O)OC[C@H]2O[C@@H](n3nc4c5c(ncnc53)NCCC4)C(F)[C@H]2OP([B])(=O)OC[C@H]2O[C@@H](n3cc4c5c(ncnc53)NOCC4)[C@@H](F)C2O1. The van der Waals surface area contributed by atoms with Crippen LogP contribution in [0.1, 0.15) is 60.1 Å². The summed E-state index contributed by atoms with van der Waals surface area (Å²) in [6.45, 7) is -0.663. The fraction of sp³-hybridized carbons (Fsp3) is 0.556. The molecule has 8 unspecified atom stereocenters. The molecule has 8 radical (unpaired) electrons. The lowest BCUT2D eigenvalue weighted by Gasteiger charge is -2.29. The molecule has 0 aliphatic carbocycles. The number of nitrogens with one attached hydrogen (secondary N) is 4. The molecule has 4 N–H and O–H groups in total. The van der Waals surface area contributed by atoms with E-state index in [-0.39, 0.29) is 5.65 Å². The molecule has 0 spiro atoms. The van der Waals surface area contributed by atoms with Crippen LogP contribution in [-0.2, 0) is 109 Å². The van der Waals surface area contributed by atoms with Crippen molar-refractivity contribution in [3.05, 3.63) is 72.2 Å². The molecule has 6 saturated heterocycles. The Morgan fingerprint density at radius 1 is 0.450 bits per heavy atom. The van der Waals surface area contributed by atoms with Crippen molar-refractivity contribution in [1.29, 1.82) is 0 Å². The third kappa shape index (κ3) is 12.2. The maximum atomic E-state index is 16.4. The summed E-state index contributed by atoms with van der Waals surface area (Å²) in [6.07, 6.45) is -11.5. The minimum Gasteiger partial charge on any atom is -0.369 e. The van der Waals surface area contributed by atoms with Gasteiger partial charge < -0.3 is 79.5 Å². The monoisotopic (exact) mass is 1460 g/mol. The van der Waals surface area contributed by atoms with Crippen molar-refractivity contribution in [1.82, 2.24) is 58.4 Å². The number of pyridine rings is 1. The fourth-order valence-corrected chi connectivity index (χ4v) is 18.3. The number of anilines is 4. The minimum atomic E-state index is -4.60. The summed E-state index contributed by atoms with van der Waals surface area (Å²) in [6, 6.07) is 1.72. The number of nitrogens with zero attached hydrogens (tertiary/aromatic N) is 12. The van der Waals surface area contributed by atoms with Gasteiger partial charge in [0.2, 0.25) is 30.3 Å². The summed E-state index contributed by atoms with van der Waals surface area (Å²) >= 11 is 0. The maximum absolute atomic E-state index is 16.4. The predicted molar refractivity (Wildman–Crippen MR) is 342 cm³/mol. The molecule has 0 amide bonds. The summed E-state index contributed by atoms with van der Waals surface area (Å²) in [5, 5.41) is 13.6. The van der Waals surface area contributed by atoms with Gasteiger partial charge in [-0.1, -0.05) is 0 Å². The molecule has 520 valence electrons. The molecule has 6 fully saturated rings. The molecular formula is C54H56B4F4N16O18P4. The highest BCUT2D eigenvalue weighted by molar-refractivity contribution is 7.80. The molecule has 0 saturated carbocycles. The molecule has 100 heavy (non-hydrogen) atoms. The van der Waals surface area contributed by atoms with Crippen LogP contribution in [0.15, 0.2) is 49.8 Å². The first kappa shape index (κ1) is 67.2. The Labute approximate surface area is 567 Å².